The number of aliphatic hydroxyl groups excluding tert-OH is 1. The van der Waals surface area contributed by atoms with Gasteiger partial charge in [-0.1, -0.05) is 20.3 Å². The van der Waals surface area contributed by atoms with Crippen molar-refractivity contribution in [2.75, 3.05) is 12.8 Å². The fourth-order valence-electron chi connectivity index (χ4n) is 0.710. The summed E-state index contributed by atoms with van der Waals surface area (Å²) in [5, 5.41) is 9.15. The first-order valence-electron chi connectivity index (χ1n) is 4.16. The van der Waals surface area contributed by atoms with Gasteiger partial charge in [0, 0.05) is 6.16 Å². The minimum Gasteiger partial charge on any atom is -0.391 e. The predicted octanol–water partition coefficient (Wildman–Crippen LogP) is 1.37. The quantitative estimate of drug-likeness (QED) is 0.629. The lowest BCUT2D eigenvalue weighted by Gasteiger charge is -2.13. The summed E-state index contributed by atoms with van der Waals surface area (Å²) in [4.78, 5) is 8.96. The molecule has 0 aliphatic carbocycles. The summed E-state index contributed by atoms with van der Waals surface area (Å²) in [6.07, 6.45) is 0.907. The van der Waals surface area contributed by atoms with Gasteiger partial charge >= 0.3 is 7.60 Å². The lowest BCUT2D eigenvalue weighted by atomic mass is 10.2. The Morgan fingerprint density at radius 1 is 1.50 bits per heavy atom. The van der Waals surface area contributed by atoms with E-state index in [0.717, 1.165) is 6.42 Å². The molecule has 0 rings (SSSR count). The Labute approximate surface area is 73.1 Å². The van der Waals surface area contributed by atoms with Gasteiger partial charge in [-0.2, -0.15) is 0 Å². The van der Waals surface area contributed by atoms with Crippen LogP contribution in [0.1, 0.15) is 26.7 Å². The summed E-state index contributed by atoms with van der Waals surface area (Å²) in [5.74, 6) is 0. The molecule has 0 aromatic carbocycles. The summed E-state index contributed by atoms with van der Waals surface area (Å²) >= 11 is 0. The van der Waals surface area contributed by atoms with Crippen LogP contribution in [0, 0.1) is 0 Å². The third-order valence-corrected chi connectivity index (χ3v) is 2.84. The molecule has 0 aliphatic rings. The zero-order valence-corrected chi connectivity index (χ0v) is 8.46. The monoisotopic (exact) mass is 196 g/mol. The first-order valence-corrected chi connectivity index (χ1v) is 5.92. The summed E-state index contributed by atoms with van der Waals surface area (Å²) in [7, 11) is -3.41. The molecular weight excluding hydrogens is 179 g/mol. The second kappa shape index (κ2) is 5.70. The molecular formula is C7H17O4P. The van der Waals surface area contributed by atoms with Gasteiger partial charge in [-0.25, -0.2) is 0 Å². The van der Waals surface area contributed by atoms with Crippen molar-refractivity contribution in [3.8, 4) is 0 Å². The zero-order valence-electron chi connectivity index (χ0n) is 7.56. The van der Waals surface area contributed by atoms with Crippen molar-refractivity contribution in [3.63, 3.8) is 0 Å². The van der Waals surface area contributed by atoms with E-state index in [2.05, 4.69) is 4.52 Å². The van der Waals surface area contributed by atoms with Crippen LogP contribution in [0.4, 0.5) is 0 Å². The third kappa shape index (κ3) is 5.72. The number of aliphatic hydroxyl groups is 1. The van der Waals surface area contributed by atoms with E-state index in [1.54, 1.807) is 6.92 Å². The third-order valence-electron chi connectivity index (χ3n) is 1.49. The molecule has 74 valence electrons. The highest BCUT2D eigenvalue weighted by molar-refractivity contribution is 7.52. The maximum absolute atomic E-state index is 10.9. The second-order valence-corrected chi connectivity index (χ2v) is 4.86. The van der Waals surface area contributed by atoms with Gasteiger partial charge in [-0.05, 0) is 6.42 Å². The van der Waals surface area contributed by atoms with Crippen LogP contribution < -0.4 is 0 Å². The van der Waals surface area contributed by atoms with Gasteiger partial charge in [0.15, 0.2) is 0 Å². The largest absolute Gasteiger partial charge is 0.391 e. The first kappa shape index (κ1) is 12.1. The summed E-state index contributed by atoms with van der Waals surface area (Å²) in [6.45, 7) is 3.46. The minimum atomic E-state index is -3.41. The Kier molecular flexibility index (Phi) is 5.76. The van der Waals surface area contributed by atoms with Crippen LogP contribution in [0.15, 0.2) is 0 Å². The van der Waals surface area contributed by atoms with Crippen LogP contribution in [0.3, 0.4) is 0 Å². The van der Waals surface area contributed by atoms with Gasteiger partial charge in [-0.15, -0.1) is 0 Å². The van der Waals surface area contributed by atoms with E-state index >= 15 is 0 Å². The molecule has 0 aliphatic heterocycles. The van der Waals surface area contributed by atoms with Crippen molar-refractivity contribution >= 4 is 7.60 Å². The normalized spacial score (nSPS) is 18.7. The molecule has 5 heteroatoms. The van der Waals surface area contributed by atoms with Crippen molar-refractivity contribution in [2.24, 2.45) is 0 Å². The molecule has 0 saturated heterocycles. The molecule has 2 unspecified atom stereocenters. The predicted molar refractivity (Wildman–Crippen MR) is 47.2 cm³/mol. The second-order valence-electron chi connectivity index (χ2n) is 2.69. The molecule has 0 fully saturated rings. The average molecular weight is 196 g/mol. The highest BCUT2D eigenvalue weighted by Crippen LogP contribution is 2.40. The molecule has 0 radical (unpaired) electrons. The fourth-order valence-corrected chi connectivity index (χ4v) is 1.30. The lowest BCUT2D eigenvalue weighted by Crippen LogP contribution is -2.14. The van der Waals surface area contributed by atoms with E-state index in [-0.39, 0.29) is 12.8 Å². The van der Waals surface area contributed by atoms with E-state index < -0.39 is 13.7 Å². The molecule has 0 bridgehead atoms. The summed E-state index contributed by atoms with van der Waals surface area (Å²) in [6, 6.07) is 0. The van der Waals surface area contributed by atoms with Gasteiger partial charge in [0.25, 0.3) is 0 Å². The maximum atomic E-state index is 10.9. The van der Waals surface area contributed by atoms with Gasteiger partial charge in [-0.3, -0.25) is 4.57 Å². The summed E-state index contributed by atoms with van der Waals surface area (Å²) in [5.41, 5.74) is 0. The number of hydrogen-bond donors (Lipinski definition) is 2. The molecule has 2 atom stereocenters. The molecule has 2 N–H and O–H groups in total. The molecule has 0 heterocycles. The molecule has 12 heavy (non-hydrogen) atoms. The summed E-state index contributed by atoms with van der Waals surface area (Å²) < 4.78 is 15.6. The van der Waals surface area contributed by atoms with Gasteiger partial charge in [0.2, 0.25) is 0 Å². The topological polar surface area (TPSA) is 66.8 Å². The molecule has 0 spiro atoms. The van der Waals surface area contributed by atoms with E-state index in [1.165, 1.54) is 0 Å². The van der Waals surface area contributed by atoms with E-state index in [9.17, 15) is 4.57 Å². The maximum Gasteiger partial charge on any atom is 0.327 e. The first-order chi connectivity index (χ1) is 5.52. The lowest BCUT2D eigenvalue weighted by molar-refractivity contribution is 0.0924. The zero-order chi connectivity index (χ0) is 9.61. The van der Waals surface area contributed by atoms with Crippen molar-refractivity contribution in [2.45, 2.75) is 32.8 Å². The van der Waals surface area contributed by atoms with Crippen molar-refractivity contribution < 1.29 is 19.1 Å². The van der Waals surface area contributed by atoms with E-state index in [4.69, 9.17) is 10.00 Å². The molecule has 0 aromatic heterocycles. The highest BCUT2D eigenvalue weighted by atomic mass is 31.2. The van der Waals surface area contributed by atoms with Gasteiger partial charge < -0.3 is 14.5 Å². The smallest absolute Gasteiger partial charge is 0.327 e. The van der Waals surface area contributed by atoms with Crippen LogP contribution in [-0.2, 0) is 9.09 Å². The highest BCUT2D eigenvalue weighted by Gasteiger charge is 2.17. The van der Waals surface area contributed by atoms with Gasteiger partial charge in [0.05, 0.1) is 12.7 Å². The average Bonchev–Trinajstić information content (AvgIpc) is 2.02. The van der Waals surface area contributed by atoms with Gasteiger partial charge in [0.1, 0.15) is 0 Å². The fraction of sp³-hybridized carbons (Fsp3) is 1.00. The molecule has 0 aromatic rings. The van der Waals surface area contributed by atoms with Crippen molar-refractivity contribution in [3.05, 3.63) is 0 Å². The molecule has 4 nitrogen and oxygen atoms in total. The molecule has 0 amide bonds. The number of rotatable bonds is 6. The van der Waals surface area contributed by atoms with Crippen LogP contribution in [0.25, 0.3) is 0 Å². The Morgan fingerprint density at radius 2 is 2.08 bits per heavy atom. The number of hydrogen-bond acceptors (Lipinski definition) is 3. The van der Waals surface area contributed by atoms with Crippen LogP contribution in [0.2, 0.25) is 0 Å². The van der Waals surface area contributed by atoms with E-state index in [0.29, 0.717) is 6.42 Å². The van der Waals surface area contributed by atoms with Crippen LogP contribution in [0.5, 0.6) is 0 Å². The Hall–Kier alpha value is 0.110. The van der Waals surface area contributed by atoms with E-state index in [1.807, 2.05) is 6.92 Å². The Bertz CT molecular complexity index is 159. The van der Waals surface area contributed by atoms with Crippen LogP contribution >= 0.6 is 7.60 Å². The van der Waals surface area contributed by atoms with Crippen molar-refractivity contribution in [1.29, 1.82) is 0 Å². The standard InChI is InChI=1S/C7H17O4P/c1-3-5-7(8)6-11-12(9,10)4-2/h7-8H,3-6H2,1-2H3,(H,9,10). The van der Waals surface area contributed by atoms with Crippen molar-refractivity contribution in [1.82, 2.24) is 0 Å². The Balaban J connectivity index is 3.60. The molecule has 0 saturated carbocycles. The Morgan fingerprint density at radius 3 is 2.50 bits per heavy atom. The minimum absolute atomic E-state index is 0.0462. The van der Waals surface area contributed by atoms with Crippen LogP contribution in [-0.4, -0.2) is 28.9 Å². The SMILES string of the molecule is CCCC(O)COP(=O)(O)CC.